The van der Waals surface area contributed by atoms with E-state index in [1.165, 1.54) is 7.05 Å². The number of carbonyl (C=O) groups is 1. The van der Waals surface area contributed by atoms with E-state index in [9.17, 15) is 9.59 Å². The summed E-state index contributed by atoms with van der Waals surface area (Å²) in [6, 6.07) is 7.70. The van der Waals surface area contributed by atoms with Crippen molar-refractivity contribution in [1.29, 1.82) is 0 Å². The van der Waals surface area contributed by atoms with Crippen LogP contribution < -0.4 is 10.5 Å². The summed E-state index contributed by atoms with van der Waals surface area (Å²) in [7, 11) is 1.43. The Kier molecular flexibility index (Phi) is 4.93. The second-order valence-corrected chi connectivity index (χ2v) is 8.03. The molecule has 0 radical (unpaired) electrons. The number of para-hydroxylation sites is 1. The lowest BCUT2D eigenvalue weighted by molar-refractivity contribution is -0.121. The standard InChI is InChI=1S/C23H22F2N4O3/c1-27-14-17-19(20(22(27)31)28-10-12-32-13-11-28)21(30)29(23(17,24)25)9-8-16-7-6-15-4-2-3-5-18(15)26-16/h2-7,14H,8-13H2,1H3. The van der Waals surface area contributed by atoms with Gasteiger partial charge in [0.05, 0.1) is 29.9 Å². The topological polar surface area (TPSA) is 67.7 Å². The third-order valence-electron chi connectivity index (χ3n) is 6.05. The number of morpholine rings is 1. The molecule has 1 fully saturated rings. The number of hydrogen-bond donors (Lipinski definition) is 0. The molecule has 0 aliphatic carbocycles. The van der Waals surface area contributed by atoms with Gasteiger partial charge in [0.2, 0.25) is 0 Å². The number of ether oxygens (including phenoxy) is 1. The molecular formula is C23H22F2N4O3. The lowest BCUT2D eigenvalue weighted by atomic mass is 10.1. The number of rotatable bonds is 4. The maximum atomic E-state index is 15.4. The van der Waals surface area contributed by atoms with Crippen molar-refractivity contribution in [3.05, 3.63) is 69.8 Å². The molecule has 0 N–H and O–H groups in total. The molecule has 5 rings (SSSR count). The van der Waals surface area contributed by atoms with Crippen molar-refractivity contribution < 1.29 is 18.3 Å². The molecule has 4 heterocycles. The monoisotopic (exact) mass is 440 g/mol. The molecule has 0 bridgehead atoms. The fourth-order valence-corrected chi connectivity index (χ4v) is 4.37. The minimum Gasteiger partial charge on any atom is -0.378 e. The molecule has 2 aliphatic heterocycles. The molecule has 7 nitrogen and oxygen atoms in total. The first-order chi connectivity index (χ1) is 15.4. The van der Waals surface area contributed by atoms with E-state index in [4.69, 9.17) is 4.74 Å². The number of halogens is 2. The Morgan fingerprint density at radius 2 is 1.84 bits per heavy atom. The summed E-state index contributed by atoms with van der Waals surface area (Å²) >= 11 is 0. The highest BCUT2D eigenvalue weighted by molar-refractivity contribution is 6.04. The summed E-state index contributed by atoms with van der Waals surface area (Å²) < 4.78 is 37.2. The summed E-state index contributed by atoms with van der Waals surface area (Å²) in [5, 5.41) is 0.955. The molecule has 1 aromatic carbocycles. The predicted octanol–water partition coefficient (Wildman–Crippen LogP) is 2.52. The smallest absolute Gasteiger partial charge is 0.357 e. The largest absolute Gasteiger partial charge is 0.378 e. The molecule has 0 saturated carbocycles. The van der Waals surface area contributed by atoms with E-state index in [1.807, 2.05) is 30.3 Å². The van der Waals surface area contributed by atoms with Gasteiger partial charge in [-0.2, -0.15) is 8.78 Å². The molecule has 2 aliphatic rings. The Balaban J connectivity index is 1.48. The van der Waals surface area contributed by atoms with Crippen LogP contribution in [0.5, 0.6) is 0 Å². The number of nitrogens with zero attached hydrogens (tertiary/aromatic N) is 4. The first-order valence-electron chi connectivity index (χ1n) is 10.5. The average molecular weight is 440 g/mol. The molecule has 0 unspecified atom stereocenters. The van der Waals surface area contributed by atoms with E-state index >= 15 is 8.78 Å². The fraction of sp³-hybridized carbons (Fsp3) is 0.348. The molecule has 3 aromatic rings. The number of alkyl halides is 2. The van der Waals surface area contributed by atoms with Crippen molar-refractivity contribution >= 4 is 22.5 Å². The highest BCUT2D eigenvalue weighted by atomic mass is 19.3. The summed E-state index contributed by atoms with van der Waals surface area (Å²) in [5.41, 5.74) is 0.318. The van der Waals surface area contributed by atoms with Crippen molar-refractivity contribution in [3.8, 4) is 0 Å². The van der Waals surface area contributed by atoms with Crippen LogP contribution in [-0.2, 0) is 24.3 Å². The number of anilines is 1. The van der Waals surface area contributed by atoms with Crippen LogP contribution in [0.25, 0.3) is 10.9 Å². The Morgan fingerprint density at radius 1 is 1.09 bits per heavy atom. The van der Waals surface area contributed by atoms with Crippen LogP contribution >= 0.6 is 0 Å². The molecule has 0 spiro atoms. The predicted molar refractivity (Wildman–Crippen MR) is 115 cm³/mol. The Bertz CT molecular complexity index is 1270. The van der Waals surface area contributed by atoms with Crippen LogP contribution in [0.1, 0.15) is 21.6 Å². The van der Waals surface area contributed by atoms with Crippen molar-refractivity contribution in [1.82, 2.24) is 14.5 Å². The van der Waals surface area contributed by atoms with Gasteiger partial charge in [-0.05, 0) is 12.1 Å². The molecule has 9 heteroatoms. The molecule has 2 aromatic heterocycles. The Hall–Kier alpha value is -3.33. The molecule has 32 heavy (non-hydrogen) atoms. The summed E-state index contributed by atoms with van der Waals surface area (Å²) in [5.74, 6) is -0.829. The van der Waals surface area contributed by atoms with E-state index in [0.29, 0.717) is 36.9 Å². The van der Waals surface area contributed by atoms with E-state index in [1.54, 1.807) is 11.0 Å². The number of aryl methyl sites for hydroxylation is 1. The van der Waals surface area contributed by atoms with Crippen LogP contribution in [0.3, 0.4) is 0 Å². The van der Waals surface area contributed by atoms with E-state index in [0.717, 1.165) is 21.7 Å². The number of fused-ring (bicyclic) bond motifs is 2. The minimum absolute atomic E-state index is 0.0318. The zero-order valence-corrected chi connectivity index (χ0v) is 17.6. The van der Waals surface area contributed by atoms with Gasteiger partial charge in [-0.3, -0.25) is 19.5 Å². The molecule has 0 atom stereocenters. The first kappa shape index (κ1) is 20.6. The quantitative estimate of drug-likeness (QED) is 0.584. The molecule has 166 valence electrons. The zero-order chi connectivity index (χ0) is 22.5. The number of aromatic nitrogens is 2. The number of benzene rings is 1. The zero-order valence-electron chi connectivity index (χ0n) is 17.6. The van der Waals surface area contributed by atoms with Gasteiger partial charge >= 0.3 is 6.05 Å². The number of hydrogen-bond acceptors (Lipinski definition) is 5. The van der Waals surface area contributed by atoms with Crippen LogP contribution in [-0.4, -0.2) is 53.2 Å². The highest BCUT2D eigenvalue weighted by Crippen LogP contribution is 2.44. The van der Waals surface area contributed by atoms with Crippen LogP contribution in [0.2, 0.25) is 0 Å². The van der Waals surface area contributed by atoms with Gasteiger partial charge in [0.25, 0.3) is 11.5 Å². The van der Waals surface area contributed by atoms with Gasteiger partial charge < -0.3 is 14.2 Å². The summed E-state index contributed by atoms with van der Waals surface area (Å²) in [6.45, 7) is 1.26. The van der Waals surface area contributed by atoms with Gasteiger partial charge in [0.1, 0.15) is 5.69 Å². The van der Waals surface area contributed by atoms with Crippen molar-refractivity contribution in [2.45, 2.75) is 12.5 Å². The Morgan fingerprint density at radius 3 is 2.62 bits per heavy atom. The number of pyridine rings is 2. The third-order valence-corrected chi connectivity index (χ3v) is 6.05. The van der Waals surface area contributed by atoms with Crippen molar-refractivity contribution in [2.24, 2.45) is 7.05 Å². The number of carbonyl (C=O) groups excluding carboxylic acids is 1. The summed E-state index contributed by atoms with van der Waals surface area (Å²) in [4.78, 5) is 32.8. The van der Waals surface area contributed by atoms with E-state index in [2.05, 4.69) is 4.98 Å². The van der Waals surface area contributed by atoms with Gasteiger partial charge in [0, 0.05) is 50.4 Å². The normalized spacial score (nSPS) is 17.8. The van der Waals surface area contributed by atoms with Crippen molar-refractivity contribution in [2.75, 3.05) is 37.7 Å². The fourth-order valence-electron chi connectivity index (χ4n) is 4.37. The molecule has 1 amide bonds. The van der Waals surface area contributed by atoms with E-state index in [-0.39, 0.29) is 24.2 Å². The molecular weight excluding hydrogens is 418 g/mol. The van der Waals surface area contributed by atoms with Gasteiger partial charge in [-0.15, -0.1) is 0 Å². The second kappa shape index (κ2) is 7.67. The van der Waals surface area contributed by atoms with Crippen LogP contribution in [0, 0.1) is 0 Å². The lowest BCUT2D eigenvalue weighted by Gasteiger charge is -2.29. The van der Waals surface area contributed by atoms with E-state index < -0.39 is 23.1 Å². The van der Waals surface area contributed by atoms with Crippen molar-refractivity contribution in [3.63, 3.8) is 0 Å². The minimum atomic E-state index is -3.52. The van der Waals surface area contributed by atoms with Crippen LogP contribution in [0.15, 0.2) is 47.4 Å². The maximum absolute atomic E-state index is 15.4. The summed E-state index contributed by atoms with van der Waals surface area (Å²) in [6.07, 6.45) is 1.25. The molecule has 1 saturated heterocycles. The third kappa shape index (κ3) is 3.24. The Labute approximate surface area is 182 Å². The maximum Gasteiger partial charge on any atom is 0.357 e. The first-order valence-corrected chi connectivity index (χ1v) is 10.5. The van der Waals surface area contributed by atoms with Gasteiger partial charge in [-0.1, -0.05) is 24.3 Å². The van der Waals surface area contributed by atoms with Gasteiger partial charge in [0.15, 0.2) is 0 Å². The number of amides is 1. The second-order valence-electron chi connectivity index (χ2n) is 8.03. The van der Waals surface area contributed by atoms with Crippen LogP contribution in [0.4, 0.5) is 14.5 Å². The SMILES string of the molecule is Cn1cc2c(c(N3CCOCC3)c1=O)C(=O)N(CCc1ccc3ccccc3n1)C2(F)F. The van der Waals surface area contributed by atoms with Gasteiger partial charge in [-0.25, -0.2) is 0 Å². The highest BCUT2D eigenvalue weighted by Gasteiger charge is 2.53. The average Bonchev–Trinajstić information content (AvgIpc) is 2.98. The lowest BCUT2D eigenvalue weighted by Crippen LogP contribution is -2.41.